The van der Waals surface area contributed by atoms with Gasteiger partial charge in [-0.2, -0.15) is 5.26 Å². The van der Waals surface area contributed by atoms with Gasteiger partial charge < -0.3 is 5.32 Å². The van der Waals surface area contributed by atoms with E-state index < -0.39 is 0 Å². The molecule has 102 valence electrons. The van der Waals surface area contributed by atoms with E-state index in [1.807, 2.05) is 6.07 Å². The second kappa shape index (κ2) is 7.96. The van der Waals surface area contributed by atoms with Crippen LogP contribution in [0.25, 0.3) is 0 Å². The lowest BCUT2D eigenvalue weighted by molar-refractivity contribution is 0.355. The maximum absolute atomic E-state index is 9.04. The summed E-state index contributed by atoms with van der Waals surface area (Å²) in [5.41, 5.74) is 1.24. The fraction of sp³-hybridized carbons (Fsp3) is 0.588. The van der Waals surface area contributed by atoms with Crippen molar-refractivity contribution in [3.05, 3.63) is 35.9 Å². The minimum atomic E-state index is 0.190. The molecule has 1 aliphatic carbocycles. The molecule has 1 fully saturated rings. The Morgan fingerprint density at radius 3 is 2.32 bits per heavy atom. The molecule has 0 saturated heterocycles. The number of hydrogen-bond donors (Lipinski definition) is 1. The zero-order chi connectivity index (χ0) is 13.3. The van der Waals surface area contributed by atoms with Crippen molar-refractivity contribution in [3.8, 4) is 6.07 Å². The van der Waals surface area contributed by atoms with Crippen LogP contribution < -0.4 is 5.32 Å². The lowest BCUT2D eigenvalue weighted by atomic mass is 9.94. The van der Waals surface area contributed by atoms with Gasteiger partial charge in [-0.15, -0.1) is 0 Å². The molecule has 2 heteroatoms. The SMILES string of the molecule is N#CCC(NC1CCCCCCC1)c1ccccc1. The van der Waals surface area contributed by atoms with Crippen molar-refractivity contribution in [2.75, 3.05) is 0 Å². The van der Waals surface area contributed by atoms with Crippen molar-refractivity contribution in [2.24, 2.45) is 0 Å². The number of rotatable bonds is 4. The lowest BCUT2D eigenvalue weighted by Crippen LogP contribution is -2.33. The molecule has 0 radical (unpaired) electrons. The van der Waals surface area contributed by atoms with Gasteiger partial charge in [-0.25, -0.2) is 0 Å². The van der Waals surface area contributed by atoms with Gasteiger partial charge in [0.05, 0.1) is 12.5 Å². The molecule has 1 atom stereocenters. The first-order valence-electron chi connectivity index (χ1n) is 7.58. The van der Waals surface area contributed by atoms with Crippen LogP contribution in [0.4, 0.5) is 0 Å². The zero-order valence-corrected chi connectivity index (χ0v) is 11.6. The van der Waals surface area contributed by atoms with Crippen LogP contribution in [0, 0.1) is 11.3 Å². The fourth-order valence-electron chi connectivity index (χ4n) is 2.96. The Morgan fingerprint density at radius 1 is 1.05 bits per heavy atom. The molecule has 0 bridgehead atoms. The normalized spacial score (nSPS) is 19.1. The van der Waals surface area contributed by atoms with Gasteiger partial charge in [0.15, 0.2) is 0 Å². The highest BCUT2D eigenvalue weighted by Gasteiger charge is 2.17. The third-order valence-corrected chi connectivity index (χ3v) is 4.04. The lowest BCUT2D eigenvalue weighted by Gasteiger charge is -2.26. The quantitative estimate of drug-likeness (QED) is 0.869. The second-order valence-electron chi connectivity index (χ2n) is 5.53. The summed E-state index contributed by atoms with van der Waals surface area (Å²) in [6.07, 6.45) is 9.85. The van der Waals surface area contributed by atoms with Crippen LogP contribution in [-0.4, -0.2) is 6.04 Å². The Hall–Kier alpha value is -1.33. The van der Waals surface area contributed by atoms with Gasteiger partial charge in [0.1, 0.15) is 0 Å². The molecule has 0 aliphatic heterocycles. The van der Waals surface area contributed by atoms with Gasteiger partial charge in [0, 0.05) is 12.1 Å². The van der Waals surface area contributed by atoms with E-state index >= 15 is 0 Å². The average molecular weight is 256 g/mol. The minimum absolute atomic E-state index is 0.190. The van der Waals surface area contributed by atoms with Gasteiger partial charge in [-0.05, 0) is 18.4 Å². The first-order valence-corrected chi connectivity index (χ1v) is 7.58. The van der Waals surface area contributed by atoms with Crippen molar-refractivity contribution in [1.82, 2.24) is 5.32 Å². The van der Waals surface area contributed by atoms with E-state index in [9.17, 15) is 0 Å². The van der Waals surface area contributed by atoms with Crippen LogP contribution >= 0.6 is 0 Å². The molecule has 2 nitrogen and oxygen atoms in total. The van der Waals surface area contributed by atoms with E-state index in [1.54, 1.807) is 0 Å². The van der Waals surface area contributed by atoms with E-state index in [2.05, 4.69) is 35.7 Å². The highest BCUT2D eigenvalue weighted by Crippen LogP contribution is 2.22. The maximum Gasteiger partial charge on any atom is 0.0641 e. The Bertz CT molecular complexity index is 385. The minimum Gasteiger partial charge on any atom is -0.306 e. The van der Waals surface area contributed by atoms with Crippen LogP contribution in [0.1, 0.15) is 63.0 Å². The van der Waals surface area contributed by atoms with Crippen LogP contribution in [0.2, 0.25) is 0 Å². The Balaban J connectivity index is 1.97. The summed E-state index contributed by atoms with van der Waals surface area (Å²) >= 11 is 0. The largest absolute Gasteiger partial charge is 0.306 e. The third kappa shape index (κ3) is 4.69. The first kappa shape index (κ1) is 14.1. The highest BCUT2D eigenvalue weighted by molar-refractivity contribution is 5.20. The molecule has 1 aromatic carbocycles. The van der Waals surface area contributed by atoms with E-state index in [0.29, 0.717) is 12.5 Å². The molecule has 0 amide bonds. The van der Waals surface area contributed by atoms with Crippen LogP contribution in [0.15, 0.2) is 30.3 Å². The van der Waals surface area contributed by atoms with E-state index in [4.69, 9.17) is 5.26 Å². The smallest absolute Gasteiger partial charge is 0.0641 e. The Morgan fingerprint density at radius 2 is 1.68 bits per heavy atom. The third-order valence-electron chi connectivity index (χ3n) is 4.04. The monoisotopic (exact) mass is 256 g/mol. The van der Waals surface area contributed by atoms with Crippen LogP contribution in [0.5, 0.6) is 0 Å². The number of benzene rings is 1. The van der Waals surface area contributed by atoms with Gasteiger partial charge in [0.25, 0.3) is 0 Å². The van der Waals surface area contributed by atoms with E-state index in [-0.39, 0.29) is 6.04 Å². The topological polar surface area (TPSA) is 35.8 Å². The Labute approximate surface area is 116 Å². The van der Waals surface area contributed by atoms with E-state index in [0.717, 1.165) is 0 Å². The van der Waals surface area contributed by atoms with Gasteiger partial charge in [-0.1, -0.05) is 62.4 Å². The molecule has 1 aliphatic rings. The molecule has 0 spiro atoms. The van der Waals surface area contributed by atoms with Crippen molar-refractivity contribution >= 4 is 0 Å². The molecule has 1 N–H and O–H groups in total. The average Bonchev–Trinajstić information content (AvgIpc) is 2.42. The zero-order valence-electron chi connectivity index (χ0n) is 11.6. The number of nitrogens with zero attached hydrogens (tertiary/aromatic N) is 1. The summed E-state index contributed by atoms with van der Waals surface area (Å²) < 4.78 is 0. The summed E-state index contributed by atoms with van der Waals surface area (Å²) in [6, 6.07) is 13.5. The number of nitrogens with one attached hydrogen (secondary N) is 1. The highest BCUT2D eigenvalue weighted by atomic mass is 14.9. The number of hydrogen-bond acceptors (Lipinski definition) is 2. The van der Waals surface area contributed by atoms with Crippen molar-refractivity contribution < 1.29 is 0 Å². The maximum atomic E-state index is 9.04. The molecule has 19 heavy (non-hydrogen) atoms. The van der Waals surface area contributed by atoms with Crippen molar-refractivity contribution in [3.63, 3.8) is 0 Å². The summed E-state index contributed by atoms with van der Waals surface area (Å²) in [7, 11) is 0. The van der Waals surface area contributed by atoms with E-state index in [1.165, 1.54) is 50.5 Å². The summed E-state index contributed by atoms with van der Waals surface area (Å²) in [6.45, 7) is 0. The molecule has 1 unspecified atom stereocenters. The molecule has 0 heterocycles. The molecular formula is C17H24N2. The molecule has 2 rings (SSSR count). The fourth-order valence-corrected chi connectivity index (χ4v) is 2.96. The van der Waals surface area contributed by atoms with Gasteiger partial charge in [-0.3, -0.25) is 0 Å². The van der Waals surface area contributed by atoms with Crippen LogP contribution in [-0.2, 0) is 0 Å². The van der Waals surface area contributed by atoms with Gasteiger partial charge >= 0.3 is 0 Å². The second-order valence-corrected chi connectivity index (χ2v) is 5.53. The number of nitriles is 1. The van der Waals surface area contributed by atoms with Crippen molar-refractivity contribution in [1.29, 1.82) is 5.26 Å². The molecule has 1 aromatic rings. The van der Waals surface area contributed by atoms with Crippen LogP contribution in [0.3, 0.4) is 0 Å². The predicted molar refractivity (Wildman–Crippen MR) is 78.7 cm³/mol. The first-order chi connectivity index (χ1) is 9.40. The van der Waals surface area contributed by atoms with Gasteiger partial charge in [0.2, 0.25) is 0 Å². The summed E-state index contributed by atoms with van der Waals surface area (Å²) in [4.78, 5) is 0. The van der Waals surface area contributed by atoms with Crippen molar-refractivity contribution in [2.45, 2.75) is 63.5 Å². The molecular weight excluding hydrogens is 232 g/mol. The predicted octanol–water partition coefficient (Wildman–Crippen LogP) is 4.34. The molecule has 0 aromatic heterocycles. The molecule has 1 saturated carbocycles. The standard InChI is InChI=1S/C17H24N2/c18-14-13-17(15-9-5-4-6-10-15)19-16-11-7-2-1-3-8-12-16/h4-6,9-10,16-17,19H,1-3,7-8,11-13H2. The Kier molecular flexibility index (Phi) is 5.91. The summed E-state index contributed by atoms with van der Waals surface area (Å²) in [5, 5.41) is 12.8. The summed E-state index contributed by atoms with van der Waals surface area (Å²) in [5.74, 6) is 0.